The Morgan fingerprint density at radius 3 is 2.40 bits per heavy atom. The van der Waals surface area contributed by atoms with Gasteiger partial charge in [0.25, 0.3) is 5.91 Å². The van der Waals surface area contributed by atoms with Gasteiger partial charge in [0.2, 0.25) is 0 Å². The Bertz CT molecular complexity index is 356. The molecule has 2 heterocycles. The van der Waals surface area contributed by atoms with Crippen molar-refractivity contribution in [2.24, 2.45) is 5.73 Å². The van der Waals surface area contributed by atoms with Crippen LogP contribution in [0.25, 0.3) is 0 Å². The SMILES string of the molecule is CCNC(=O)N1CCN(C(=O)[C@@H]2CC[C@H](CN)O2)CC1. The van der Waals surface area contributed by atoms with Crippen molar-refractivity contribution < 1.29 is 14.3 Å². The molecule has 0 aromatic rings. The van der Waals surface area contributed by atoms with Crippen molar-refractivity contribution in [3.05, 3.63) is 0 Å². The van der Waals surface area contributed by atoms with E-state index in [0.717, 1.165) is 12.8 Å². The second-order valence-corrected chi connectivity index (χ2v) is 5.21. The van der Waals surface area contributed by atoms with Gasteiger partial charge in [-0.3, -0.25) is 4.79 Å². The molecule has 0 aromatic heterocycles. The van der Waals surface area contributed by atoms with Crippen molar-refractivity contribution in [2.45, 2.75) is 32.0 Å². The maximum absolute atomic E-state index is 12.3. The molecule has 0 unspecified atom stereocenters. The summed E-state index contributed by atoms with van der Waals surface area (Å²) in [4.78, 5) is 27.5. The molecule has 0 bridgehead atoms. The van der Waals surface area contributed by atoms with Crippen LogP contribution in [0.2, 0.25) is 0 Å². The van der Waals surface area contributed by atoms with E-state index < -0.39 is 0 Å². The molecular formula is C13H24N4O3. The smallest absolute Gasteiger partial charge is 0.317 e. The molecule has 3 amide bonds. The van der Waals surface area contributed by atoms with Crippen molar-refractivity contribution >= 4 is 11.9 Å². The zero-order valence-corrected chi connectivity index (χ0v) is 12.0. The molecule has 2 atom stereocenters. The fraction of sp³-hybridized carbons (Fsp3) is 0.846. The minimum Gasteiger partial charge on any atom is -0.364 e. The first-order valence-corrected chi connectivity index (χ1v) is 7.32. The van der Waals surface area contributed by atoms with E-state index in [2.05, 4.69) is 5.32 Å². The highest BCUT2D eigenvalue weighted by Gasteiger charge is 2.34. The molecule has 0 spiro atoms. The Morgan fingerprint density at radius 1 is 1.20 bits per heavy atom. The number of nitrogens with zero attached hydrogens (tertiary/aromatic N) is 2. The number of ether oxygens (including phenoxy) is 1. The Labute approximate surface area is 119 Å². The van der Waals surface area contributed by atoms with Crippen LogP contribution in [-0.2, 0) is 9.53 Å². The Hall–Kier alpha value is -1.34. The molecule has 114 valence electrons. The van der Waals surface area contributed by atoms with Gasteiger partial charge < -0.3 is 25.6 Å². The normalized spacial score (nSPS) is 26.7. The van der Waals surface area contributed by atoms with Crippen LogP contribution in [0.3, 0.4) is 0 Å². The quantitative estimate of drug-likeness (QED) is 0.722. The number of carbonyl (C=O) groups excluding carboxylic acids is 2. The molecule has 2 rings (SSSR count). The second-order valence-electron chi connectivity index (χ2n) is 5.21. The summed E-state index contributed by atoms with van der Waals surface area (Å²) in [7, 11) is 0. The molecule has 20 heavy (non-hydrogen) atoms. The maximum atomic E-state index is 12.3. The molecule has 7 nitrogen and oxygen atoms in total. The van der Waals surface area contributed by atoms with Gasteiger partial charge in [0.1, 0.15) is 6.10 Å². The van der Waals surface area contributed by atoms with Gasteiger partial charge >= 0.3 is 6.03 Å². The molecule has 0 saturated carbocycles. The zero-order chi connectivity index (χ0) is 14.5. The predicted molar refractivity (Wildman–Crippen MR) is 74.2 cm³/mol. The van der Waals surface area contributed by atoms with Crippen LogP contribution in [0.1, 0.15) is 19.8 Å². The number of rotatable bonds is 3. The fourth-order valence-corrected chi connectivity index (χ4v) is 2.66. The molecule has 2 saturated heterocycles. The lowest BCUT2D eigenvalue weighted by Gasteiger charge is -2.35. The Kier molecular flexibility index (Phi) is 5.19. The minimum atomic E-state index is -0.348. The van der Waals surface area contributed by atoms with Gasteiger partial charge in [-0.2, -0.15) is 0 Å². The lowest BCUT2D eigenvalue weighted by atomic mass is 10.1. The molecular weight excluding hydrogens is 260 g/mol. The van der Waals surface area contributed by atoms with Crippen molar-refractivity contribution in [3.63, 3.8) is 0 Å². The van der Waals surface area contributed by atoms with Gasteiger partial charge in [0.05, 0.1) is 6.10 Å². The summed E-state index contributed by atoms with van der Waals surface area (Å²) in [5.41, 5.74) is 5.55. The van der Waals surface area contributed by atoms with Crippen molar-refractivity contribution in [2.75, 3.05) is 39.3 Å². The molecule has 0 radical (unpaired) electrons. The van der Waals surface area contributed by atoms with Crippen LogP contribution >= 0.6 is 0 Å². The third-order valence-corrected chi connectivity index (χ3v) is 3.85. The predicted octanol–water partition coefficient (Wildman–Crippen LogP) is -0.634. The summed E-state index contributed by atoms with van der Waals surface area (Å²) >= 11 is 0. The van der Waals surface area contributed by atoms with Crippen molar-refractivity contribution in [1.82, 2.24) is 15.1 Å². The van der Waals surface area contributed by atoms with Gasteiger partial charge in [-0.15, -0.1) is 0 Å². The van der Waals surface area contributed by atoms with Crippen LogP contribution in [0, 0.1) is 0 Å². The monoisotopic (exact) mass is 284 g/mol. The molecule has 2 fully saturated rings. The van der Waals surface area contributed by atoms with E-state index in [9.17, 15) is 9.59 Å². The van der Waals surface area contributed by atoms with Gasteiger partial charge in [0.15, 0.2) is 0 Å². The largest absolute Gasteiger partial charge is 0.364 e. The van der Waals surface area contributed by atoms with Gasteiger partial charge in [-0.05, 0) is 19.8 Å². The fourth-order valence-electron chi connectivity index (χ4n) is 2.66. The lowest BCUT2D eigenvalue weighted by Crippen LogP contribution is -2.54. The standard InChI is InChI=1S/C13H24N4O3/c1-2-15-13(19)17-7-5-16(6-8-17)12(18)11-4-3-10(9-14)20-11/h10-11H,2-9,14H2,1H3,(H,15,19)/t10-,11+/m1/s1. The lowest BCUT2D eigenvalue weighted by molar-refractivity contribution is -0.144. The summed E-state index contributed by atoms with van der Waals surface area (Å²) in [5, 5.41) is 2.77. The van der Waals surface area contributed by atoms with Crippen molar-refractivity contribution in [1.29, 1.82) is 0 Å². The molecule has 7 heteroatoms. The van der Waals surface area contributed by atoms with Crippen LogP contribution in [0.15, 0.2) is 0 Å². The molecule has 0 aromatic carbocycles. The second kappa shape index (κ2) is 6.90. The highest BCUT2D eigenvalue weighted by Crippen LogP contribution is 2.21. The summed E-state index contributed by atoms with van der Waals surface area (Å²) in [6, 6.07) is -0.0556. The average Bonchev–Trinajstić information content (AvgIpc) is 2.96. The summed E-state index contributed by atoms with van der Waals surface area (Å²) < 4.78 is 5.63. The van der Waals surface area contributed by atoms with Gasteiger partial charge in [-0.25, -0.2) is 4.79 Å². The van der Waals surface area contributed by atoms with E-state index in [0.29, 0.717) is 39.3 Å². The number of piperazine rings is 1. The summed E-state index contributed by atoms with van der Waals surface area (Å²) in [5.74, 6) is 0.0384. The molecule has 2 aliphatic rings. The van der Waals surface area contributed by atoms with Crippen LogP contribution < -0.4 is 11.1 Å². The van der Waals surface area contributed by atoms with E-state index in [1.165, 1.54) is 0 Å². The summed E-state index contributed by atoms with van der Waals surface area (Å²) in [6.45, 7) is 5.27. The summed E-state index contributed by atoms with van der Waals surface area (Å²) in [6.07, 6.45) is 1.27. The topological polar surface area (TPSA) is 87.9 Å². The molecule has 0 aliphatic carbocycles. The number of carbonyl (C=O) groups is 2. The molecule has 2 aliphatic heterocycles. The van der Waals surface area contributed by atoms with E-state index in [1.807, 2.05) is 6.92 Å². The highest BCUT2D eigenvalue weighted by molar-refractivity contribution is 5.81. The minimum absolute atomic E-state index is 0.0144. The van der Waals surface area contributed by atoms with Gasteiger partial charge in [0, 0.05) is 39.3 Å². The first-order chi connectivity index (χ1) is 9.65. The highest BCUT2D eigenvalue weighted by atomic mass is 16.5. The average molecular weight is 284 g/mol. The number of hydrogen-bond acceptors (Lipinski definition) is 4. The Morgan fingerprint density at radius 2 is 1.85 bits per heavy atom. The van der Waals surface area contributed by atoms with E-state index >= 15 is 0 Å². The van der Waals surface area contributed by atoms with Gasteiger partial charge in [-0.1, -0.05) is 0 Å². The van der Waals surface area contributed by atoms with E-state index in [1.54, 1.807) is 9.80 Å². The first kappa shape index (κ1) is 15.1. The third kappa shape index (κ3) is 3.40. The Balaban J connectivity index is 1.79. The number of amides is 3. The van der Waals surface area contributed by atoms with Crippen LogP contribution in [-0.4, -0.2) is 73.2 Å². The zero-order valence-electron chi connectivity index (χ0n) is 12.0. The number of nitrogens with two attached hydrogens (primary N) is 1. The van der Waals surface area contributed by atoms with Crippen LogP contribution in [0.5, 0.6) is 0 Å². The number of hydrogen-bond donors (Lipinski definition) is 2. The number of nitrogens with one attached hydrogen (secondary N) is 1. The number of urea groups is 1. The third-order valence-electron chi connectivity index (χ3n) is 3.85. The van der Waals surface area contributed by atoms with E-state index in [4.69, 9.17) is 10.5 Å². The first-order valence-electron chi connectivity index (χ1n) is 7.32. The maximum Gasteiger partial charge on any atom is 0.317 e. The molecule has 3 N–H and O–H groups in total. The van der Waals surface area contributed by atoms with Crippen molar-refractivity contribution in [3.8, 4) is 0 Å². The van der Waals surface area contributed by atoms with Crippen LogP contribution in [0.4, 0.5) is 4.79 Å². The van der Waals surface area contributed by atoms with E-state index in [-0.39, 0.29) is 24.1 Å².